The molecule has 0 atom stereocenters. The second kappa shape index (κ2) is 11.3. The highest BCUT2D eigenvalue weighted by Crippen LogP contribution is 2.37. The maximum Gasteiger partial charge on any atom is 0.338 e. The third kappa shape index (κ3) is 5.76. The Balaban J connectivity index is 1.36. The summed E-state index contributed by atoms with van der Waals surface area (Å²) in [5.74, 6) is -0.395. The Bertz CT molecular complexity index is 1300. The third-order valence-corrected chi connectivity index (χ3v) is 7.19. The number of hydrogen-bond donors (Lipinski definition) is 1. The number of methoxy groups -OCH3 is 1. The van der Waals surface area contributed by atoms with Gasteiger partial charge in [-0.2, -0.15) is 5.26 Å². The van der Waals surface area contributed by atoms with Crippen molar-refractivity contribution in [2.75, 3.05) is 19.0 Å². The molecule has 1 aromatic heterocycles. The fourth-order valence-corrected chi connectivity index (χ4v) is 5.28. The highest BCUT2D eigenvalue weighted by molar-refractivity contribution is 7.16. The highest BCUT2D eigenvalue weighted by atomic mass is 35.5. The molecule has 7 nitrogen and oxygen atoms in total. The quantitative estimate of drug-likeness (QED) is 0.400. The van der Waals surface area contributed by atoms with Gasteiger partial charge >= 0.3 is 5.97 Å². The minimum Gasteiger partial charge on any atom is -0.493 e. The molecule has 4 rings (SSSR count). The number of carbonyl (C=O) groups is 2. The summed E-state index contributed by atoms with van der Waals surface area (Å²) in [7, 11) is 1.47. The van der Waals surface area contributed by atoms with Gasteiger partial charge in [0.1, 0.15) is 17.7 Å². The zero-order chi connectivity index (χ0) is 24.8. The van der Waals surface area contributed by atoms with E-state index in [4.69, 9.17) is 25.8 Å². The molecule has 35 heavy (non-hydrogen) atoms. The van der Waals surface area contributed by atoms with Gasteiger partial charge in [0.05, 0.1) is 18.2 Å². The van der Waals surface area contributed by atoms with E-state index in [0.717, 1.165) is 41.7 Å². The first kappa shape index (κ1) is 24.6. The average Bonchev–Trinajstić information content (AvgIpc) is 3.23. The highest BCUT2D eigenvalue weighted by Gasteiger charge is 2.22. The van der Waals surface area contributed by atoms with E-state index in [2.05, 4.69) is 11.4 Å². The lowest BCUT2D eigenvalue weighted by atomic mass is 9.96. The molecule has 0 saturated carbocycles. The second-order valence-electron chi connectivity index (χ2n) is 7.90. The number of nitrogens with zero attached hydrogens (tertiary/aromatic N) is 1. The van der Waals surface area contributed by atoms with Crippen molar-refractivity contribution in [3.8, 4) is 17.6 Å². The van der Waals surface area contributed by atoms with Crippen molar-refractivity contribution in [3.05, 3.63) is 74.6 Å². The minimum atomic E-state index is -0.679. The van der Waals surface area contributed by atoms with Crippen LogP contribution in [0, 0.1) is 11.3 Å². The Morgan fingerprint density at radius 3 is 2.71 bits per heavy atom. The number of benzene rings is 2. The van der Waals surface area contributed by atoms with Crippen molar-refractivity contribution in [1.29, 1.82) is 5.26 Å². The number of anilines is 1. The van der Waals surface area contributed by atoms with Crippen molar-refractivity contribution in [1.82, 2.24) is 0 Å². The number of halogens is 1. The second-order valence-corrected chi connectivity index (χ2v) is 9.41. The zero-order valence-electron chi connectivity index (χ0n) is 19.1. The number of aryl methyl sites for hydroxylation is 1. The smallest absolute Gasteiger partial charge is 0.338 e. The lowest BCUT2D eigenvalue weighted by Gasteiger charge is -2.13. The van der Waals surface area contributed by atoms with Crippen LogP contribution in [0.3, 0.4) is 0 Å². The summed E-state index contributed by atoms with van der Waals surface area (Å²) < 4.78 is 16.3. The van der Waals surface area contributed by atoms with Crippen LogP contribution >= 0.6 is 22.9 Å². The molecule has 0 spiro atoms. The molecular weight excluding hydrogens is 488 g/mol. The van der Waals surface area contributed by atoms with Crippen molar-refractivity contribution in [2.45, 2.75) is 32.3 Å². The van der Waals surface area contributed by atoms with Crippen LogP contribution < -0.4 is 14.8 Å². The molecule has 3 aromatic rings. The van der Waals surface area contributed by atoms with Crippen molar-refractivity contribution < 1.29 is 23.8 Å². The molecule has 0 unspecified atom stereocenters. The van der Waals surface area contributed by atoms with E-state index in [0.29, 0.717) is 27.1 Å². The monoisotopic (exact) mass is 510 g/mol. The van der Waals surface area contributed by atoms with Crippen LogP contribution in [0.25, 0.3) is 0 Å². The van der Waals surface area contributed by atoms with E-state index in [1.54, 1.807) is 12.1 Å². The Kier molecular flexibility index (Phi) is 7.91. The minimum absolute atomic E-state index is 0.212. The van der Waals surface area contributed by atoms with Crippen molar-refractivity contribution >= 4 is 39.8 Å². The summed E-state index contributed by atoms with van der Waals surface area (Å²) >= 11 is 7.59. The molecule has 0 saturated heterocycles. The van der Waals surface area contributed by atoms with Gasteiger partial charge in [0.15, 0.2) is 18.1 Å². The number of amides is 1. The Labute approximate surface area is 212 Å². The molecule has 1 heterocycles. The van der Waals surface area contributed by atoms with Gasteiger partial charge in [0, 0.05) is 15.5 Å². The molecule has 0 radical (unpaired) electrons. The molecule has 9 heteroatoms. The number of esters is 1. The molecule has 1 N–H and O–H groups in total. The summed E-state index contributed by atoms with van der Waals surface area (Å²) in [6.45, 7) is -0.240. The number of thiophene rings is 1. The number of hydrogen-bond acceptors (Lipinski definition) is 7. The molecule has 0 fully saturated rings. The summed E-state index contributed by atoms with van der Waals surface area (Å²) in [5.41, 5.74) is 2.57. The van der Waals surface area contributed by atoms with Gasteiger partial charge in [-0.25, -0.2) is 4.79 Å². The number of carbonyl (C=O) groups excluding carboxylic acids is 2. The van der Waals surface area contributed by atoms with Gasteiger partial charge in [-0.15, -0.1) is 11.3 Å². The number of fused-ring (bicyclic) bond motifs is 1. The van der Waals surface area contributed by atoms with E-state index in [1.807, 2.05) is 18.2 Å². The van der Waals surface area contributed by atoms with Gasteiger partial charge in [-0.05, 0) is 55.5 Å². The van der Waals surface area contributed by atoms with Crippen molar-refractivity contribution in [2.24, 2.45) is 0 Å². The van der Waals surface area contributed by atoms with E-state index >= 15 is 0 Å². The van der Waals surface area contributed by atoms with Crippen LogP contribution in [-0.2, 0) is 29.0 Å². The summed E-state index contributed by atoms with van der Waals surface area (Å²) in [6, 6.07) is 14.2. The number of nitriles is 1. The fourth-order valence-electron chi connectivity index (χ4n) is 3.83. The van der Waals surface area contributed by atoms with Crippen molar-refractivity contribution in [3.63, 3.8) is 0 Å². The first-order valence-electron chi connectivity index (χ1n) is 11.1. The van der Waals surface area contributed by atoms with Gasteiger partial charge in [0.25, 0.3) is 5.91 Å². The van der Waals surface area contributed by atoms with E-state index in [9.17, 15) is 14.9 Å². The topological polar surface area (TPSA) is 97.6 Å². The van der Waals surface area contributed by atoms with Crippen LogP contribution in [0.1, 0.15) is 44.8 Å². The largest absolute Gasteiger partial charge is 0.493 e. The normalized spacial score (nSPS) is 12.3. The summed E-state index contributed by atoms with van der Waals surface area (Å²) in [5, 5.41) is 13.3. The number of ether oxygens (including phenoxy) is 3. The van der Waals surface area contributed by atoms with E-state index in [-0.39, 0.29) is 12.2 Å². The molecule has 2 aromatic carbocycles. The Morgan fingerprint density at radius 2 is 1.94 bits per heavy atom. The molecule has 1 aliphatic carbocycles. The predicted molar refractivity (Wildman–Crippen MR) is 133 cm³/mol. The SMILES string of the molecule is COc1cc(C(=O)OCC(=O)Nc2sc3c(c2C#N)CCCC3)ccc1OCc1ccccc1Cl. The van der Waals surface area contributed by atoms with Gasteiger partial charge in [-0.1, -0.05) is 29.8 Å². The predicted octanol–water partition coefficient (Wildman–Crippen LogP) is 5.54. The van der Waals surface area contributed by atoms with Crippen LogP contribution in [-0.4, -0.2) is 25.6 Å². The van der Waals surface area contributed by atoms with Crippen LogP contribution in [0.2, 0.25) is 5.02 Å². The maximum absolute atomic E-state index is 12.5. The number of nitrogens with one attached hydrogen (secondary N) is 1. The van der Waals surface area contributed by atoms with Crippen LogP contribution in [0.5, 0.6) is 11.5 Å². The van der Waals surface area contributed by atoms with Gasteiger partial charge < -0.3 is 19.5 Å². The molecule has 1 aliphatic rings. The fraction of sp³-hybridized carbons (Fsp3) is 0.269. The Morgan fingerprint density at radius 1 is 1.14 bits per heavy atom. The first-order valence-corrected chi connectivity index (χ1v) is 12.3. The average molecular weight is 511 g/mol. The molecule has 1 amide bonds. The van der Waals surface area contributed by atoms with Crippen LogP contribution in [0.15, 0.2) is 42.5 Å². The third-order valence-electron chi connectivity index (χ3n) is 5.61. The zero-order valence-corrected chi connectivity index (χ0v) is 20.6. The lowest BCUT2D eigenvalue weighted by Crippen LogP contribution is -2.21. The molecule has 180 valence electrons. The van der Waals surface area contributed by atoms with Crippen LogP contribution in [0.4, 0.5) is 5.00 Å². The van der Waals surface area contributed by atoms with E-state index in [1.165, 1.54) is 30.6 Å². The standard InChI is InChI=1S/C26H23ClN2O5S/c1-32-22-12-16(10-11-21(22)33-14-17-6-2-4-8-20(17)27)26(31)34-15-24(30)29-25-19(13-28)18-7-3-5-9-23(18)35-25/h2,4,6,8,10-12H,3,5,7,9,14-15H2,1H3,(H,29,30). The first-order chi connectivity index (χ1) is 17.0. The molecule has 0 aliphatic heterocycles. The summed E-state index contributed by atoms with van der Waals surface area (Å²) in [4.78, 5) is 26.1. The molecular formula is C26H23ClN2O5S. The Hall–Kier alpha value is -3.54. The summed E-state index contributed by atoms with van der Waals surface area (Å²) in [6.07, 6.45) is 3.88. The molecule has 0 bridgehead atoms. The number of rotatable bonds is 8. The lowest BCUT2D eigenvalue weighted by molar-refractivity contribution is -0.119. The van der Waals surface area contributed by atoms with E-state index < -0.39 is 18.5 Å². The van der Waals surface area contributed by atoms with Gasteiger partial charge in [-0.3, -0.25) is 4.79 Å². The maximum atomic E-state index is 12.5. The van der Waals surface area contributed by atoms with Gasteiger partial charge in [0.2, 0.25) is 0 Å².